The highest BCUT2D eigenvalue weighted by molar-refractivity contribution is 7.09. The number of carboxylic acid groups (broad SMARTS) is 1. The van der Waals surface area contributed by atoms with E-state index in [1.54, 1.807) is 31.4 Å². The van der Waals surface area contributed by atoms with E-state index in [1.807, 2.05) is 12.1 Å². The normalized spacial score (nSPS) is 18.0. The number of halogens is 3. The molecule has 2 aromatic carbocycles. The number of nitrogens with one attached hydrogen (secondary N) is 1. The van der Waals surface area contributed by atoms with E-state index in [2.05, 4.69) is 33.4 Å². The lowest BCUT2D eigenvalue weighted by atomic mass is 9.90. The number of hydrogen-bond acceptors (Lipinski definition) is 7. The standard InChI is InChI=1S/C27H31F3N4O3S/c1-16(2)15-34(18-9-11-19(37-3)12-10-18)23-13-8-17(20-6-4-5-7-21(20)24(35)36)14-22(23)31-26-32-25(33-38-26)27(28,29)30/h4-8,13-14,16,18-19H,9-12,15H2,1-3H3,(H,35,36)(H,31,32,33). The molecule has 0 unspecified atom stereocenters. The zero-order valence-corrected chi connectivity index (χ0v) is 22.3. The highest BCUT2D eigenvalue weighted by Crippen LogP contribution is 2.39. The first-order chi connectivity index (χ1) is 18.1. The first-order valence-corrected chi connectivity index (χ1v) is 13.3. The Bertz CT molecular complexity index is 1260. The van der Waals surface area contributed by atoms with Gasteiger partial charge < -0.3 is 20.1 Å². The monoisotopic (exact) mass is 548 g/mol. The number of rotatable bonds is 9. The average molecular weight is 549 g/mol. The summed E-state index contributed by atoms with van der Waals surface area (Å²) in [5.41, 5.74) is 2.64. The van der Waals surface area contributed by atoms with Crippen LogP contribution in [0.3, 0.4) is 0 Å². The molecule has 0 saturated heterocycles. The maximum atomic E-state index is 13.2. The number of ether oxygens (including phenoxy) is 1. The average Bonchev–Trinajstić information content (AvgIpc) is 3.37. The molecule has 2 N–H and O–H groups in total. The second-order valence-electron chi connectivity index (χ2n) is 9.84. The Morgan fingerprint density at radius 1 is 1.18 bits per heavy atom. The molecule has 204 valence electrons. The van der Waals surface area contributed by atoms with E-state index < -0.39 is 18.0 Å². The minimum atomic E-state index is -4.65. The van der Waals surface area contributed by atoms with Gasteiger partial charge in [0.1, 0.15) is 0 Å². The summed E-state index contributed by atoms with van der Waals surface area (Å²) < 4.78 is 48.6. The maximum absolute atomic E-state index is 13.2. The molecule has 1 fully saturated rings. The molecule has 0 radical (unpaired) electrons. The summed E-state index contributed by atoms with van der Waals surface area (Å²) in [4.78, 5) is 17.8. The quantitative estimate of drug-likeness (QED) is 0.295. The number of hydrogen-bond donors (Lipinski definition) is 2. The van der Waals surface area contributed by atoms with Gasteiger partial charge in [0.05, 0.1) is 23.0 Å². The molecular weight excluding hydrogens is 517 g/mol. The van der Waals surface area contributed by atoms with Crippen molar-refractivity contribution in [2.24, 2.45) is 5.92 Å². The summed E-state index contributed by atoms with van der Waals surface area (Å²) in [6, 6.07) is 12.4. The van der Waals surface area contributed by atoms with Gasteiger partial charge in [0.2, 0.25) is 11.0 Å². The van der Waals surface area contributed by atoms with Gasteiger partial charge in [-0.1, -0.05) is 38.1 Å². The Hall–Kier alpha value is -3.18. The molecule has 1 aliphatic rings. The zero-order chi connectivity index (χ0) is 27.4. The van der Waals surface area contributed by atoms with Crippen LogP contribution in [-0.2, 0) is 10.9 Å². The van der Waals surface area contributed by atoms with Gasteiger partial charge in [-0.25, -0.2) is 4.79 Å². The first kappa shape index (κ1) is 27.8. The van der Waals surface area contributed by atoms with Gasteiger partial charge in [-0.15, -0.1) is 0 Å². The Labute approximate surface area is 223 Å². The van der Waals surface area contributed by atoms with Crippen molar-refractivity contribution in [2.75, 3.05) is 23.9 Å². The van der Waals surface area contributed by atoms with E-state index >= 15 is 0 Å². The Kier molecular flexibility index (Phi) is 8.57. The van der Waals surface area contributed by atoms with Gasteiger partial charge in [-0.05, 0) is 60.9 Å². The van der Waals surface area contributed by atoms with Crippen LogP contribution >= 0.6 is 11.5 Å². The summed E-state index contributed by atoms with van der Waals surface area (Å²) in [5.74, 6) is -1.93. The number of anilines is 3. The molecule has 3 aromatic rings. The van der Waals surface area contributed by atoms with E-state index in [9.17, 15) is 23.1 Å². The topological polar surface area (TPSA) is 87.6 Å². The van der Waals surface area contributed by atoms with E-state index in [4.69, 9.17) is 4.74 Å². The molecule has 0 bridgehead atoms. The van der Waals surface area contributed by atoms with Crippen LogP contribution in [0, 0.1) is 5.92 Å². The number of alkyl halides is 3. The fourth-order valence-corrected chi connectivity index (χ4v) is 5.51. The van der Waals surface area contributed by atoms with Crippen LogP contribution in [0.4, 0.5) is 29.7 Å². The smallest absolute Gasteiger partial charge is 0.452 e. The van der Waals surface area contributed by atoms with Gasteiger partial charge in [0, 0.05) is 31.2 Å². The number of carboxylic acids is 1. The SMILES string of the molecule is COC1CCC(N(CC(C)C)c2ccc(-c3ccccc3C(=O)O)cc2Nc2nc(C(F)(F)F)ns2)CC1. The van der Waals surface area contributed by atoms with Crippen molar-refractivity contribution in [2.45, 2.75) is 57.9 Å². The molecule has 1 heterocycles. The van der Waals surface area contributed by atoms with E-state index in [1.165, 1.54) is 6.07 Å². The van der Waals surface area contributed by atoms with E-state index in [-0.39, 0.29) is 22.8 Å². The van der Waals surface area contributed by atoms with Gasteiger partial charge in [0.15, 0.2) is 0 Å². The predicted molar refractivity (Wildman–Crippen MR) is 142 cm³/mol. The van der Waals surface area contributed by atoms with Gasteiger partial charge in [0.25, 0.3) is 0 Å². The maximum Gasteiger partial charge on any atom is 0.452 e. The zero-order valence-electron chi connectivity index (χ0n) is 21.5. The van der Waals surface area contributed by atoms with Crippen molar-refractivity contribution in [3.8, 4) is 11.1 Å². The second-order valence-corrected chi connectivity index (χ2v) is 10.6. The Morgan fingerprint density at radius 3 is 2.50 bits per heavy atom. The van der Waals surface area contributed by atoms with Crippen LogP contribution in [0.15, 0.2) is 42.5 Å². The lowest BCUT2D eigenvalue weighted by molar-refractivity contribution is -0.144. The van der Waals surface area contributed by atoms with Crippen molar-refractivity contribution >= 4 is 34.0 Å². The van der Waals surface area contributed by atoms with Crippen molar-refractivity contribution in [3.63, 3.8) is 0 Å². The van der Waals surface area contributed by atoms with Crippen LogP contribution in [0.5, 0.6) is 0 Å². The van der Waals surface area contributed by atoms with Gasteiger partial charge in [-0.3, -0.25) is 0 Å². The summed E-state index contributed by atoms with van der Waals surface area (Å²) in [6.45, 7) is 4.99. The molecule has 38 heavy (non-hydrogen) atoms. The van der Waals surface area contributed by atoms with Gasteiger partial charge in [-0.2, -0.15) is 22.5 Å². The second kappa shape index (κ2) is 11.7. The van der Waals surface area contributed by atoms with E-state index in [0.717, 1.165) is 37.9 Å². The molecule has 4 rings (SSSR count). The van der Waals surface area contributed by atoms with Crippen molar-refractivity contribution in [1.29, 1.82) is 0 Å². The number of methoxy groups -OCH3 is 1. The molecule has 7 nitrogen and oxygen atoms in total. The number of aromatic nitrogens is 2. The molecule has 1 aromatic heterocycles. The lowest BCUT2D eigenvalue weighted by Gasteiger charge is -2.40. The summed E-state index contributed by atoms with van der Waals surface area (Å²) in [7, 11) is 1.73. The minimum Gasteiger partial charge on any atom is -0.478 e. The fourth-order valence-electron chi connectivity index (χ4n) is 4.91. The van der Waals surface area contributed by atoms with Crippen LogP contribution in [0.2, 0.25) is 0 Å². The molecule has 0 spiro atoms. The molecule has 11 heteroatoms. The molecule has 0 amide bonds. The van der Waals surface area contributed by atoms with Crippen molar-refractivity contribution < 1.29 is 27.8 Å². The summed E-state index contributed by atoms with van der Waals surface area (Å²) in [6.07, 6.45) is -0.731. The van der Waals surface area contributed by atoms with Crippen LogP contribution in [0.25, 0.3) is 11.1 Å². The highest BCUT2D eigenvalue weighted by atomic mass is 32.1. The predicted octanol–water partition coefficient (Wildman–Crippen LogP) is 7.09. The van der Waals surface area contributed by atoms with Crippen LogP contribution < -0.4 is 10.2 Å². The largest absolute Gasteiger partial charge is 0.478 e. The Balaban J connectivity index is 1.79. The highest BCUT2D eigenvalue weighted by Gasteiger charge is 2.36. The number of aromatic carboxylic acids is 1. The van der Waals surface area contributed by atoms with Gasteiger partial charge >= 0.3 is 12.1 Å². The molecule has 0 atom stereocenters. The van der Waals surface area contributed by atoms with Crippen molar-refractivity contribution in [1.82, 2.24) is 9.36 Å². The summed E-state index contributed by atoms with van der Waals surface area (Å²) >= 11 is 0.633. The molecule has 1 saturated carbocycles. The molecular formula is C27H31F3N4O3S. The number of benzene rings is 2. The number of carbonyl (C=O) groups is 1. The third-order valence-electron chi connectivity index (χ3n) is 6.68. The third kappa shape index (κ3) is 6.44. The van der Waals surface area contributed by atoms with Crippen LogP contribution in [-0.4, -0.2) is 46.2 Å². The van der Waals surface area contributed by atoms with Crippen LogP contribution in [0.1, 0.15) is 55.7 Å². The Morgan fingerprint density at radius 2 is 1.89 bits per heavy atom. The summed E-state index contributed by atoms with van der Waals surface area (Å²) in [5, 5.41) is 12.8. The van der Waals surface area contributed by atoms with Crippen molar-refractivity contribution in [3.05, 3.63) is 53.9 Å². The van der Waals surface area contributed by atoms with E-state index in [0.29, 0.717) is 34.3 Å². The molecule has 0 aliphatic heterocycles. The fraction of sp³-hybridized carbons (Fsp3) is 0.444. The first-order valence-electron chi connectivity index (χ1n) is 12.5. The number of nitrogens with zero attached hydrogens (tertiary/aromatic N) is 3. The third-order valence-corrected chi connectivity index (χ3v) is 7.31. The lowest BCUT2D eigenvalue weighted by Crippen LogP contribution is -2.41. The minimum absolute atomic E-state index is 0.00910. The molecule has 1 aliphatic carbocycles.